The highest BCUT2D eigenvalue weighted by atomic mass is 32.2. The number of carbonyl (C=O) groups excluding carboxylic acids is 2. The van der Waals surface area contributed by atoms with Gasteiger partial charge in [0, 0.05) is 18.8 Å². The largest absolute Gasteiger partial charge is 0.354 e. The number of benzene rings is 2. The molecule has 0 radical (unpaired) electrons. The van der Waals surface area contributed by atoms with E-state index in [4.69, 9.17) is 0 Å². The fraction of sp³-hybridized carbons (Fsp3) is 0.417. The molecule has 5 heteroatoms. The summed E-state index contributed by atoms with van der Waals surface area (Å²) in [7, 11) is 0. The van der Waals surface area contributed by atoms with Gasteiger partial charge in [-0.3, -0.25) is 9.59 Å². The van der Waals surface area contributed by atoms with Gasteiger partial charge < -0.3 is 10.2 Å². The van der Waals surface area contributed by atoms with Crippen LogP contribution in [0.2, 0.25) is 0 Å². The van der Waals surface area contributed by atoms with E-state index in [0.717, 1.165) is 11.3 Å². The van der Waals surface area contributed by atoms with Crippen LogP contribution in [0.15, 0.2) is 54.6 Å². The molecule has 4 nitrogen and oxygen atoms in total. The zero-order chi connectivity index (χ0) is 21.2. The van der Waals surface area contributed by atoms with Crippen molar-refractivity contribution in [3.05, 3.63) is 71.3 Å². The van der Waals surface area contributed by atoms with E-state index in [2.05, 4.69) is 44.3 Å². The minimum atomic E-state index is -0.513. The average molecular weight is 413 g/mol. The van der Waals surface area contributed by atoms with Crippen LogP contribution in [0.5, 0.6) is 0 Å². The third-order valence-electron chi connectivity index (χ3n) is 4.62. The van der Waals surface area contributed by atoms with E-state index in [1.807, 2.05) is 43.3 Å². The van der Waals surface area contributed by atoms with Crippen LogP contribution >= 0.6 is 11.8 Å². The zero-order valence-electron chi connectivity index (χ0n) is 17.9. The monoisotopic (exact) mass is 412 g/mol. The molecule has 29 heavy (non-hydrogen) atoms. The fourth-order valence-corrected chi connectivity index (χ4v) is 3.81. The molecular formula is C24H32N2O2S. The van der Waals surface area contributed by atoms with Crippen molar-refractivity contribution < 1.29 is 9.59 Å². The molecule has 1 atom stereocenters. The molecule has 0 aliphatic rings. The second-order valence-electron chi connectivity index (χ2n) is 7.80. The second kappa shape index (κ2) is 11.7. The van der Waals surface area contributed by atoms with Crippen LogP contribution in [0.3, 0.4) is 0 Å². The summed E-state index contributed by atoms with van der Waals surface area (Å²) >= 11 is 1.59. The van der Waals surface area contributed by atoms with E-state index < -0.39 is 6.04 Å². The minimum Gasteiger partial charge on any atom is -0.354 e. The maximum absolute atomic E-state index is 13.0. The van der Waals surface area contributed by atoms with Gasteiger partial charge in [0.1, 0.15) is 6.04 Å². The number of hydrogen-bond acceptors (Lipinski definition) is 3. The van der Waals surface area contributed by atoms with E-state index in [0.29, 0.717) is 24.8 Å². The van der Waals surface area contributed by atoms with Crippen molar-refractivity contribution in [1.82, 2.24) is 10.2 Å². The Morgan fingerprint density at radius 2 is 1.69 bits per heavy atom. The van der Waals surface area contributed by atoms with Gasteiger partial charge >= 0.3 is 0 Å². The molecule has 0 aliphatic heterocycles. The molecule has 0 saturated heterocycles. The molecule has 0 heterocycles. The Morgan fingerprint density at radius 3 is 2.34 bits per heavy atom. The molecule has 0 fully saturated rings. The van der Waals surface area contributed by atoms with Gasteiger partial charge in [0.25, 0.3) is 0 Å². The molecule has 2 aromatic rings. The standard InChI is InChI=1S/C24H32N2O2S/c1-18(2)14-25-24(28)20(4)26(15-21-10-6-5-7-11-21)23(27)17-29-16-22-12-8-9-19(3)13-22/h5-13,18,20H,14-17H2,1-4H3,(H,25,28). The van der Waals surface area contributed by atoms with Crippen molar-refractivity contribution in [1.29, 1.82) is 0 Å². The number of rotatable bonds is 10. The zero-order valence-corrected chi connectivity index (χ0v) is 18.7. The van der Waals surface area contributed by atoms with E-state index in [9.17, 15) is 9.59 Å². The summed E-state index contributed by atoms with van der Waals surface area (Å²) in [6.45, 7) is 9.03. The molecule has 0 aromatic heterocycles. The highest BCUT2D eigenvalue weighted by Gasteiger charge is 2.26. The summed E-state index contributed by atoms with van der Waals surface area (Å²) < 4.78 is 0. The fourth-order valence-electron chi connectivity index (χ4n) is 2.96. The quantitative estimate of drug-likeness (QED) is 0.628. The summed E-state index contributed by atoms with van der Waals surface area (Å²) in [4.78, 5) is 27.3. The van der Waals surface area contributed by atoms with Gasteiger partial charge in [-0.05, 0) is 30.9 Å². The van der Waals surface area contributed by atoms with Gasteiger partial charge in [0.05, 0.1) is 5.75 Å². The van der Waals surface area contributed by atoms with Gasteiger partial charge in [-0.1, -0.05) is 74.0 Å². The molecule has 1 N–H and O–H groups in total. The molecular weight excluding hydrogens is 380 g/mol. The summed E-state index contributed by atoms with van der Waals surface area (Å²) in [5, 5.41) is 2.95. The Kier molecular flexibility index (Phi) is 9.26. The van der Waals surface area contributed by atoms with Crippen LogP contribution in [0.1, 0.15) is 37.5 Å². The predicted molar refractivity (Wildman–Crippen MR) is 122 cm³/mol. The van der Waals surface area contributed by atoms with Crippen molar-refractivity contribution in [2.45, 2.75) is 46.0 Å². The Bertz CT molecular complexity index is 792. The van der Waals surface area contributed by atoms with Crippen LogP contribution in [0.4, 0.5) is 0 Å². The minimum absolute atomic E-state index is 0.0151. The third kappa shape index (κ3) is 7.94. The smallest absolute Gasteiger partial charge is 0.242 e. The number of nitrogens with one attached hydrogen (secondary N) is 1. The first-order chi connectivity index (χ1) is 13.9. The van der Waals surface area contributed by atoms with Crippen molar-refractivity contribution in [3.63, 3.8) is 0 Å². The van der Waals surface area contributed by atoms with Gasteiger partial charge in [-0.2, -0.15) is 0 Å². The van der Waals surface area contributed by atoms with Gasteiger partial charge in [-0.25, -0.2) is 0 Å². The van der Waals surface area contributed by atoms with Crippen LogP contribution in [-0.4, -0.2) is 35.1 Å². The van der Waals surface area contributed by atoms with Crippen LogP contribution < -0.4 is 5.32 Å². The lowest BCUT2D eigenvalue weighted by molar-refractivity contribution is -0.138. The van der Waals surface area contributed by atoms with Crippen molar-refractivity contribution >= 4 is 23.6 Å². The van der Waals surface area contributed by atoms with Crippen LogP contribution in [0, 0.1) is 12.8 Å². The highest BCUT2D eigenvalue weighted by Crippen LogP contribution is 2.16. The molecule has 0 spiro atoms. The van der Waals surface area contributed by atoms with Gasteiger partial charge in [-0.15, -0.1) is 11.8 Å². The number of amides is 2. The average Bonchev–Trinajstić information content (AvgIpc) is 2.70. The Balaban J connectivity index is 2.02. The summed E-state index contributed by atoms with van der Waals surface area (Å²) in [6.07, 6.45) is 0. The van der Waals surface area contributed by atoms with E-state index in [1.54, 1.807) is 16.7 Å². The van der Waals surface area contributed by atoms with Crippen molar-refractivity contribution in [2.24, 2.45) is 5.92 Å². The maximum atomic E-state index is 13.0. The first-order valence-corrected chi connectivity index (χ1v) is 11.3. The Labute approximate surface area is 179 Å². The molecule has 0 saturated carbocycles. The molecule has 2 amide bonds. The molecule has 2 rings (SSSR count). The second-order valence-corrected chi connectivity index (χ2v) is 8.79. The van der Waals surface area contributed by atoms with E-state index >= 15 is 0 Å². The topological polar surface area (TPSA) is 49.4 Å². The van der Waals surface area contributed by atoms with Crippen molar-refractivity contribution in [3.8, 4) is 0 Å². The van der Waals surface area contributed by atoms with Gasteiger partial charge in [0.15, 0.2) is 0 Å². The molecule has 156 valence electrons. The molecule has 0 bridgehead atoms. The first kappa shape index (κ1) is 23.0. The number of hydrogen-bond donors (Lipinski definition) is 1. The van der Waals surface area contributed by atoms with E-state index in [1.165, 1.54) is 11.1 Å². The number of thioether (sulfide) groups is 1. The number of carbonyl (C=O) groups is 2. The Hall–Kier alpha value is -2.27. The molecule has 1 unspecified atom stereocenters. The lowest BCUT2D eigenvalue weighted by Crippen LogP contribution is -2.48. The normalized spacial score (nSPS) is 11.9. The number of aryl methyl sites for hydroxylation is 1. The van der Waals surface area contributed by atoms with Crippen molar-refractivity contribution in [2.75, 3.05) is 12.3 Å². The highest BCUT2D eigenvalue weighted by molar-refractivity contribution is 7.99. The molecule has 0 aliphatic carbocycles. The first-order valence-electron chi connectivity index (χ1n) is 10.1. The SMILES string of the molecule is Cc1cccc(CSCC(=O)N(Cc2ccccc2)C(C)C(=O)NCC(C)C)c1. The lowest BCUT2D eigenvalue weighted by Gasteiger charge is -2.29. The number of nitrogens with zero attached hydrogens (tertiary/aromatic N) is 1. The third-order valence-corrected chi connectivity index (χ3v) is 5.61. The molecule has 2 aromatic carbocycles. The van der Waals surface area contributed by atoms with Crippen LogP contribution in [0.25, 0.3) is 0 Å². The summed E-state index contributed by atoms with van der Waals surface area (Å²) in [5.41, 5.74) is 3.45. The lowest BCUT2D eigenvalue weighted by atomic mass is 10.1. The van der Waals surface area contributed by atoms with Crippen LogP contribution in [-0.2, 0) is 21.9 Å². The maximum Gasteiger partial charge on any atom is 0.242 e. The Morgan fingerprint density at radius 1 is 1.00 bits per heavy atom. The predicted octanol–water partition coefficient (Wildman–Crippen LogP) is 4.42. The summed E-state index contributed by atoms with van der Waals surface area (Å²) in [5.74, 6) is 1.38. The summed E-state index contributed by atoms with van der Waals surface area (Å²) in [6, 6.07) is 17.6. The van der Waals surface area contributed by atoms with Gasteiger partial charge in [0.2, 0.25) is 11.8 Å². The van der Waals surface area contributed by atoms with E-state index in [-0.39, 0.29) is 11.8 Å².